The van der Waals surface area contributed by atoms with Gasteiger partial charge in [0.25, 0.3) is 0 Å². The highest BCUT2D eigenvalue weighted by Crippen LogP contribution is 2.50. The van der Waals surface area contributed by atoms with Crippen LogP contribution in [0.4, 0.5) is 0 Å². The number of rotatable bonds is 19. The first-order chi connectivity index (χ1) is 21.6. The second-order valence-corrected chi connectivity index (χ2v) is 13.5. The van der Waals surface area contributed by atoms with E-state index in [-0.39, 0.29) is 0 Å². The second kappa shape index (κ2) is 16.4. The summed E-state index contributed by atoms with van der Waals surface area (Å²) in [7, 11) is 0. The number of hydrogen-bond acceptors (Lipinski definition) is 2. The van der Waals surface area contributed by atoms with E-state index in [1.165, 1.54) is 121 Å². The predicted molar refractivity (Wildman–Crippen MR) is 188 cm³/mol. The molecule has 0 heterocycles. The van der Waals surface area contributed by atoms with Crippen LogP contribution in [0.15, 0.2) is 54.6 Å². The Morgan fingerprint density at radius 2 is 1.20 bits per heavy atom. The number of ether oxygens (including phenoxy) is 2. The van der Waals surface area contributed by atoms with Gasteiger partial charge in [-0.3, -0.25) is 0 Å². The van der Waals surface area contributed by atoms with Crippen molar-refractivity contribution < 1.29 is 9.47 Å². The van der Waals surface area contributed by atoms with Gasteiger partial charge in [0.2, 0.25) is 0 Å². The molecule has 0 aromatic heterocycles. The monoisotopic (exact) mass is 592 g/mol. The van der Waals surface area contributed by atoms with E-state index in [1.807, 2.05) is 0 Å². The van der Waals surface area contributed by atoms with E-state index in [1.54, 1.807) is 0 Å². The second-order valence-electron chi connectivity index (χ2n) is 13.5. The summed E-state index contributed by atoms with van der Waals surface area (Å²) in [6, 6.07) is 18.3. The average molecular weight is 593 g/mol. The van der Waals surface area contributed by atoms with Gasteiger partial charge in [-0.1, -0.05) is 126 Å². The van der Waals surface area contributed by atoms with Gasteiger partial charge in [-0.15, -0.1) is 0 Å². The van der Waals surface area contributed by atoms with Crippen molar-refractivity contribution in [2.75, 3.05) is 13.2 Å². The lowest BCUT2D eigenvalue weighted by atomic mass is 9.79. The van der Waals surface area contributed by atoms with Gasteiger partial charge < -0.3 is 9.47 Å². The molecule has 0 fully saturated rings. The number of allylic oxidation sites excluding steroid dienone is 1. The van der Waals surface area contributed by atoms with Crippen LogP contribution < -0.4 is 9.47 Å². The van der Waals surface area contributed by atoms with E-state index in [0.717, 1.165) is 50.4 Å². The summed E-state index contributed by atoms with van der Waals surface area (Å²) in [5, 5.41) is 0. The minimum absolute atomic E-state index is 0.447. The van der Waals surface area contributed by atoms with Crippen molar-refractivity contribution in [2.24, 2.45) is 5.92 Å². The molecule has 236 valence electrons. The molecule has 0 spiro atoms. The van der Waals surface area contributed by atoms with Crippen molar-refractivity contribution in [2.45, 2.75) is 124 Å². The fraction of sp³-hybridized carbons (Fsp3) is 0.524. The van der Waals surface area contributed by atoms with Crippen molar-refractivity contribution in [3.8, 4) is 22.6 Å². The molecule has 2 aliphatic carbocycles. The molecule has 3 aromatic carbocycles. The molecule has 3 aromatic rings. The minimum Gasteiger partial charge on any atom is -0.493 e. The quantitative estimate of drug-likeness (QED) is 0.101. The van der Waals surface area contributed by atoms with Crippen molar-refractivity contribution >= 4 is 5.57 Å². The summed E-state index contributed by atoms with van der Waals surface area (Å²) in [6.07, 6.45) is 21.4. The van der Waals surface area contributed by atoms with Crippen LogP contribution in [0, 0.1) is 19.8 Å². The van der Waals surface area contributed by atoms with E-state index in [4.69, 9.17) is 9.47 Å². The molecule has 0 amide bonds. The Bertz CT molecular complexity index is 1400. The summed E-state index contributed by atoms with van der Waals surface area (Å²) >= 11 is 0. The maximum atomic E-state index is 6.37. The summed E-state index contributed by atoms with van der Waals surface area (Å²) in [5.41, 5.74) is 12.7. The largest absolute Gasteiger partial charge is 0.493 e. The number of fused-ring (bicyclic) bond motifs is 3. The zero-order valence-corrected chi connectivity index (χ0v) is 28.1. The maximum absolute atomic E-state index is 6.37. The van der Waals surface area contributed by atoms with E-state index in [0.29, 0.717) is 5.92 Å². The van der Waals surface area contributed by atoms with E-state index in [2.05, 4.69) is 82.3 Å². The van der Waals surface area contributed by atoms with Crippen molar-refractivity contribution in [3.63, 3.8) is 0 Å². The number of hydrogen-bond donors (Lipinski definition) is 0. The topological polar surface area (TPSA) is 18.5 Å². The Labute approximate surface area is 268 Å². The van der Waals surface area contributed by atoms with Crippen LogP contribution in [0.2, 0.25) is 0 Å². The average Bonchev–Trinajstić information content (AvgIpc) is 3.32. The summed E-state index contributed by atoms with van der Waals surface area (Å²) in [6.45, 7) is 10.6. The van der Waals surface area contributed by atoms with Crippen LogP contribution in [0.25, 0.3) is 16.7 Å². The lowest BCUT2D eigenvalue weighted by molar-refractivity contribution is 0.289. The van der Waals surface area contributed by atoms with Gasteiger partial charge in [-0.25, -0.2) is 0 Å². The molecule has 0 saturated heterocycles. The van der Waals surface area contributed by atoms with Gasteiger partial charge in [-0.2, -0.15) is 0 Å². The first kappa shape index (κ1) is 32.4. The highest BCUT2D eigenvalue weighted by molar-refractivity contribution is 6.03. The van der Waals surface area contributed by atoms with Crippen LogP contribution in [0.1, 0.15) is 131 Å². The lowest BCUT2D eigenvalue weighted by Crippen LogP contribution is -2.14. The van der Waals surface area contributed by atoms with E-state index < -0.39 is 0 Å². The first-order valence-electron chi connectivity index (χ1n) is 17.9. The number of unbranched alkanes of at least 4 members (excludes halogenated alkanes) is 11. The Balaban J connectivity index is 1.28. The molecular formula is C42H56O2. The smallest absolute Gasteiger partial charge is 0.123 e. The lowest BCUT2D eigenvalue weighted by Gasteiger charge is -2.25. The summed E-state index contributed by atoms with van der Waals surface area (Å²) in [4.78, 5) is 0. The number of aryl methyl sites for hydroxylation is 2. The third-order valence-electron chi connectivity index (χ3n) is 9.66. The van der Waals surface area contributed by atoms with E-state index >= 15 is 0 Å². The van der Waals surface area contributed by atoms with Crippen LogP contribution in [-0.4, -0.2) is 13.2 Å². The van der Waals surface area contributed by atoms with Gasteiger partial charge in [0.1, 0.15) is 11.5 Å². The minimum atomic E-state index is 0.447. The molecule has 0 aliphatic heterocycles. The Morgan fingerprint density at radius 3 is 1.84 bits per heavy atom. The third-order valence-corrected chi connectivity index (χ3v) is 9.66. The molecule has 2 nitrogen and oxygen atoms in total. The molecule has 44 heavy (non-hydrogen) atoms. The van der Waals surface area contributed by atoms with Crippen LogP contribution >= 0.6 is 0 Å². The van der Waals surface area contributed by atoms with Gasteiger partial charge >= 0.3 is 0 Å². The zero-order valence-electron chi connectivity index (χ0n) is 28.1. The zero-order chi connectivity index (χ0) is 30.7. The molecule has 0 saturated carbocycles. The molecule has 5 rings (SSSR count). The van der Waals surface area contributed by atoms with Gasteiger partial charge in [0.15, 0.2) is 0 Å². The Kier molecular flexibility index (Phi) is 12.0. The molecule has 1 atom stereocenters. The van der Waals surface area contributed by atoms with Gasteiger partial charge in [0, 0.05) is 6.07 Å². The van der Waals surface area contributed by atoms with Gasteiger partial charge in [0.05, 0.1) is 13.2 Å². The number of benzene rings is 3. The molecule has 0 N–H and O–H groups in total. The van der Waals surface area contributed by atoms with Crippen LogP contribution in [-0.2, 0) is 12.8 Å². The summed E-state index contributed by atoms with van der Waals surface area (Å²) < 4.78 is 12.7. The highest BCUT2D eigenvalue weighted by atomic mass is 16.5. The normalized spacial score (nSPS) is 14.7. The van der Waals surface area contributed by atoms with Gasteiger partial charge in [-0.05, 0) is 102 Å². The fourth-order valence-electron chi connectivity index (χ4n) is 7.20. The first-order valence-corrected chi connectivity index (χ1v) is 17.9. The molecule has 2 heteroatoms. The van der Waals surface area contributed by atoms with E-state index in [9.17, 15) is 0 Å². The Morgan fingerprint density at radius 1 is 0.614 bits per heavy atom. The van der Waals surface area contributed by atoms with Crippen molar-refractivity contribution in [1.29, 1.82) is 0 Å². The van der Waals surface area contributed by atoms with Crippen LogP contribution in [0.5, 0.6) is 11.5 Å². The fourth-order valence-corrected chi connectivity index (χ4v) is 7.20. The highest BCUT2D eigenvalue weighted by Gasteiger charge is 2.31. The SMILES string of the molecule is CCCCCCCCCOc1cc(CC2C=C3c4cc(C)ccc4-c4ccc(C)c(c43)C2)cc(OCCCCCCCC)c1. The standard InChI is InChI=1S/C42H56O2/c1-5-7-9-11-13-15-17-23-44-36-27-33(26-35(30-36)43-22-16-14-12-10-8-6-2)25-34-28-39-32(4)19-21-38-37-20-18-31(3)24-40(37)41(29-34)42(38)39/h18-21,24,26-27,29-30,34H,5-17,22-23,25,28H2,1-4H3. The summed E-state index contributed by atoms with van der Waals surface area (Å²) in [5.74, 6) is 2.38. The molecule has 0 bridgehead atoms. The predicted octanol–water partition coefficient (Wildman–Crippen LogP) is 12.0. The molecule has 0 radical (unpaired) electrons. The van der Waals surface area contributed by atoms with Crippen molar-refractivity contribution in [3.05, 3.63) is 88.0 Å². The maximum Gasteiger partial charge on any atom is 0.123 e. The molecular weight excluding hydrogens is 536 g/mol. The molecule has 1 unspecified atom stereocenters. The molecule has 2 aliphatic rings. The third kappa shape index (κ3) is 8.38. The van der Waals surface area contributed by atoms with Crippen LogP contribution in [0.3, 0.4) is 0 Å². The Hall–Kier alpha value is -3.00. The van der Waals surface area contributed by atoms with Crippen molar-refractivity contribution in [1.82, 2.24) is 0 Å².